The van der Waals surface area contributed by atoms with Crippen LogP contribution in [-0.2, 0) is 11.8 Å². The lowest BCUT2D eigenvalue weighted by Gasteiger charge is -2.40. The number of fused-ring (bicyclic) bond motifs is 3. The minimum Gasteiger partial charge on any atom is -0.335 e. The molecule has 1 aliphatic carbocycles. The maximum atomic E-state index is 13.1. The van der Waals surface area contributed by atoms with Crippen molar-refractivity contribution in [1.29, 1.82) is 0 Å². The van der Waals surface area contributed by atoms with Gasteiger partial charge in [-0.15, -0.1) is 0 Å². The van der Waals surface area contributed by atoms with Crippen LogP contribution in [0.5, 0.6) is 0 Å². The fourth-order valence-electron chi connectivity index (χ4n) is 4.54. The molecule has 26 heavy (non-hydrogen) atoms. The van der Waals surface area contributed by atoms with E-state index in [1.165, 1.54) is 5.56 Å². The van der Waals surface area contributed by atoms with Crippen LogP contribution in [0.3, 0.4) is 0 Å². The fourth-order valence-corrected chi connectivity index (χ4v) is 4.54. The van der Waals surface area contributed by atoms with Crippen LogP contribution in [0.15, 0.2) is 30.5 Å². The smallest absolute Gasteiger partial charge is 0.289 e. The van der Waals surface area contributed by atoms with Crippen molar-refractivity contribution in [2.75, 3.05) is 13.1 Å². The first-order valence-corrected chi connectivity index (χ1v) is 9.22. The molecule has 0 saturated carbocycles. The highest BCUT2D eigenvalue weighted by Gasteiger charge is 2.45. The molecule has 1 fully saturated rings. The molecule has 3 heterocycles. The summed E-state index contributed by atoms with van der Waals surface area (Å²) in [7, 11) is 0. The molecule has 1 aromatic carbocycles. The number of carbonyl (C=O) groups is 1. The number of carbonyl (C=O) groups excluding carboxylic acids is 1. The van der Waals surface area contributed by atoms with Gasteiger partial charge in [0.1, 0.15) is 5.82 Å². The van der Waals surface area contributed by atoms with Gasteiger partial charge in [0.2, 0.25) is 0 Å². The molecule has 2 aromatic heterocycles. The lowest BCUT2D eigenvalue weighted by molar-refractivity contribution is 0.0622. The second-order valence-electron chi connectivity index (χ2n) is 7.50. The molecule has 1 aliphatic heterocycles. The van der Waals surface area contributed by atoms with E-state index in [4.69, 9.17) is 4.98 Å². The van der Waals surface area contributed by atoms with Crippen molar-refractivity contribution in [3.63, 3.8) is 0 Å². The summed E-state index contributed by atoms with van der Waals surface area (Å²) in [6.07, 6.45) is 6.09. The van der Waals surface area contributed by atoms with Crippen molar-refractivity contribution in [2.24, 2.45) is 0 Å². The Bertz CT molecular complexity index is 973. The van der Waals surface area contributed by atoms with Crippen LogP contribution in [0.1, 0.15) is 47.0 Å². The molecule has 2 aliphatic rings. The highest BCUT2D eigenvalue weighted by Crippen LogP contribution is 2.44. The number of piperidine rings is 1. The zero-order valence-electron chi connectivity index (χ0n) is 14.8. The summed E-state index contributed by atoms with van der Waals surface area (Å²) < 4.78 is 0. The lowest BCUT2D eigenvalue weighted by atomic mass is 9.77. The Morgan fingerprint density at radius 2 is 2.12 bits per heavy atom. The Hall–Kier alpha value is -2.76. The zero-order valence-corrected chi connectivity index (χ0v) is 14.8. The third kappa shape index (κ3) is 2.32. The summed E-state index contributed by atoms with van der Waals surface area (Å²) in [5.41, 5.74) is 4.11. The summed E-state index contributed by atoms with van der Waals surface area (Å²) in [5, 5.41) is 0. The molecule has 0 radical (unpaired) electrons. The number of hydrogen-bond donors (Lipinski definition) is 1. The molecule has 6 heteroatoms. The maximum Gasteiger partial charge on any atom is 0.289 e. The van der Waals surface area contributed by atoms with E-state index in [0.717, 1.165) is 54.8 Å². The Balaban J connectivity index is 1.46. The van der Waals surface area contributed by atoms with E-state index in [-0.39, 0.29) is 11.3 Å². The number of rotatable bonds is 1. The van der Waals surface area contributed by atoms with Crippen LogP contribution >= 0.6 is 0 Å². The van der Waals surface area contributed by atoms with Crippen molar-refractivity contribution in [3.8, 4) is 0 Å². The third-order valence-corrected chi connectivity index (χ3v) is 5.82. The fraction of sp³-hybridized carbons (Fsp3) is 0.400. The summed E-state index contributed by atoms with van der Waals surface area (Å²) in [4.78, 5) is 31.8. The van der Waals surface area contributed by atoms with E-state index in [2.05, 4.69) is 15.0 Å². The molecule has 1 saturated heterocycles. The lowest BCUT2D eigenvalue weighted by Crippen LogP contribution is -2.48. The number of benzene rings is 1. The van der Waals surface area contributed by atoms with Crippen LogP contribution in [0, 0.1) is 6.92 Å². The zero-order chi connectivity index (χ0) is 17.7. The predicted molar refractivity (Wildman–Crippen MR) is 98.0 cm³/mol. The Morgan fingerprint density at radius 3 is 3.00 bits per heavy atom. The number of para-hydroxylation sites is 2. The van der Waals surface area contributed by atoms with Gasteiger partial charge in [0, 0.05) is 24.7 Å². The Kier molecular flexibility index (Phi) is 3.35. The average molecular weight is 347 g/mol. The molecule has 3 aromatic rings. The van der Waals surface area contributed by atoms with E-state index in [1.54, 1.807) is 0 Å². The van der Waals surface area contributed by atoms with Gasteiger partial charge >= 0.3 is 0 Å². The van der Waals surface area contributed by atoms with Gasteiger partial charge in [0.05, 0.1) is 16.7 Å². The normalized spacial score (nSPS) is 22.1. The highest BCUT2D eigenvalue weighted by molar-refractivity contribution is 5.94. The van der Waals surface area contributed by atoms with E-state index in [9.17, 15) is 4.79 Å². The minimum atomic E-state index is -0.0248. The van der Waals surface area contributed by atoms with E-state index in [1.807, 2.05) is 42.3 Å². The van der Waals surface area contributed by atoms with Crippen molar-refractivity contribution in [1.82, 2.24) is 24.8 Å². The van der Waals surface area contributed by atoms with Crippen LogP contribution in [0.25, 0.3) is 11.0 Å². The van der Waals surface area contributed by atoms with Crippen molar-refractivity contribution >= 4 is 16.9 Å². The summed E-state index contributed by atoms with van der Waals surface area (Å²) in [6.45, 7) is 3.43. The number of hydrogen-bond acceptors (Lipinski definition) is 4. The van der Waals surface area contributed by atoms with Crippen LogP contribution < -0.4 is 0 Å². The van der Waals surface area contributed by atoms with Gasteiger partial charge in [0.25, 0.3) is 5.91 Å². The Morgan fingerprint density at radius 1 is 1.23 bits per heavy atom. The van der Waals surface area contributed by atoms with Crippen molar-refractivity contribution in [3.05, 3.63) is 53.4 Å². The highest BCUT2D eigenvalue weighted by atomic mass is 16.2. The molecule has 1 amide bonds. The molecular formula is C20H21N5O. The van der Waals surface area contributed by atoms with Gasteiger partial charge in [-0.05, 0) is 50.3 Å². The SMILES string of the molecule is Cc1ncc2c(n1)C1(CCCN(C(=O)c3nc4ccccc4[nH]3)C1)CC2. The number of amides is 1. The summed E-state index contributed by atoms with van der Waals surface area (Å²) >= 11 is 0. The molecule has 1 unspecified atom stereocenters. The molecular weight excluding hydrogens is 326 g/mol. The molecule has 0 bridgehead atoms. The largest absolute Gasteiger partial charge is 0.335 e. The third-order valence-electron chi connectivity index (χ3n) is 5.82. The van der Waals surface area contributed by atoms with Gasteiger partial charge in [0.15, 0.2) is 5.82 Å². The molecule has 1 spiro atoms. The first kappa shape index (κ1) is 15.5. The minimum absolute atomic E-state index is 0.0143. The number of likely N-dealkylation sites (tertiary alicyclic amines) is 1. The van der Waals surface area contributed by atoms with E-state index in [0.29, 0.717) is 12.4 Å². The second kappa shape index (κ2) is 5.62. The molecule has 6 nitrogen and oxygen atoms in total. The van der Waals surface area contributed by atoms with Crippen LogP contribution in [0.4, 0.5) is 0 Å². The average Bonchev–Trinajstić information content (AvgIpc) is 3.24. The Labute approximate surface area is 151 Å². The van der Waals surface area contributed by atoms with Crippen LogP contribution in [0.2, 0.25) is 0 Å². The van der Waals surface area contributed by atoms with Crippen molar-refractivity contribution < 1.29 is 4.79 Å². The first-order valence-electron chi connectivity index (χ1n) is 9.22. The topological polar surface area (TPSA) is 74.8 Å². The molecule has 1 atom stereocenters. The molecule has 5 rings (SSSR count). The first-order chi connectivity index (χ1) is 12.6. The number of aromatic amines is 1. The van der Waals surface area contributed by atoms with Gasteiger partial charge in [-0.2, -0.15) is 0 Å². The molecule has 132 valence electrons. The summed E-state index contributed by atoms with van der Waals surface area (Å²) in [6, 6.07) is 7.75. The van der Waals surface area contributed by atoms with Crippen molar-refractivity contribution in [2.45, 2.75) is 38.0 Å². The predicted octanol–water partition coefficient (Wildman–Crippen LogP) is 2.78. The summed E-state index contributed by atoms with van der Waals surface area (Å²) in [5.74, 6) is 1.23. The van der Waals surface area contributed by atoms with Gasteiger partial charge in [-0.3, -0.25) is 4.79 Å². The standard InChI is InChI=1S/C20H21N5O/c1-13-21-11-14-7-9-20(17(14)22-13)8-4-10-25(12-20)19(26)18-23-15-5-2-3-6-16(15)24-18/h2-3,5-6,11H,4,7-10,12H2,1H3,(H,23,24). The van der Waals surface area contributed by atoms with Crippen LogP contribution in [-0.4, -0.2) is 43.8 Å². The number of aromatic nitrogens is 4. The number of nitrogens with zero attached hydrogens (tertiary/aromatic N) is 4. The number of aryl methyl sites for hydroxylation is 2. The van der Waals surface area contributed by atoms with Gasteiger partial charge in [-0.1, -0.05) is 12.1 Å². The number of nitrogens with one attached hydrogen (secondary N) is 1. The second-order valence-corrected chi connectivity index (χ2v) is 7.50. The number of imidazole rings is 1. The number of H-pyrrole nitrogens is 1. The quantitative estimate of drug-likeness (QED) is 0.734. The molecule has 1 N–H and O–H groups in total. The van der Waals surface area contributed by atoms with Gasteiger partial charge in [-0.25, -0.2) is 15.0 Å². The van der Waals surface area contributed by atoms with Gasteiger partial charge < -0.3 is 9.88 Å². The monoisotopic (exact) mass is 347 g/mol. The van der Waals surface area contributed by atoms with E-state index < -0.39 is 0 Å². The maximum absolute atomic E-state index is 13.1. The van der Waals surface area contributed by atoms with E-state index >= 15 is 0 Å².